The molecule has 0 aliphatic carbocycles. The summed E-state index contributed by atoms with van der Waals surface area (Å²) in [4.78, 5) is 19.2. The molecule has 1 fully saturated rings. The SMILES string of the molecule is Cc1cc(-c2cnc3ccn(CC(=O)N4CCOC(C)(C)C4)c3c2)ccc1F. The van der Waals surface area contributed by atoms with E-state index in [1.807, 2.05) is 47.7 Å². The van der Waals surface area contributed by atoms with Crippen molar-refractivity contribution in [3.05, 3.63) is 54.1 Å². The first-order valence-corrected chi connectivity index (χ1v) is 9.45. The standard InChI is InChI=1S/C22H24FN3O2/c1-15-10-16(4-5-18(15)23)17-11-20-19(24-12-17)6-7-25(20)13-21(27)26-8-9-28-22(2,3)14-26/h4-7,10-12H,8-9,13-14H2,1-3H3. The number of aryl methyl sites for hydroxylation is 1. The molecule has 3 aromatic rings. The summed E-state index contributed by atoms with van der Waals surface area (Å²) < 4.78 is 21.2. The molecule has 1 aromatic carbocycles. The van der Waals surface area contributed by atoms with Crippen LogP contribution in [-0.4, -0.2) is 45.7 Å². The normalized spacial score (nSPS) is 16.5. The molecule has 0 saturated carbocycles. The molecule has 5 nitrogen and oxygen atoms in total. The number of benzene rings is 1. The molecule has 0 radical (unpaired) electrons. The van der Waals surface area contributed by atoms with Gasteiger partial charge in [-0.3, -0.25) is 9.78 Å². The number of pyridine rings is 1. The number of fused-ring (bicyclic) bond motifs is 1. The minimum absolute atomic E-state index is 0.0666. The Morgan fingerprint density at radius 2 is 2.07 bits per heavy atom. The first-order valence-electron chi connectivity index (χ1n) is 9.45. The fourth-order valence-corrected chi connectivity index (χ4v) is 3.66. The van der Waals surface area contributed by atoms with Crippen LogP contribution in [-0.2, 0) is 16.1 Å². The Bertz CT molecular complexity index is 1040. The van der Waals surface area contributed by atoms with Gasteiger partial charge in [0.2, 0.25) is 5.91 Å². The van der Waals surface area contributed by atoms with Crippen molar-refractivity contribution in [2.45, 2.75) is 32.9 Å². The molecule has 0 N–H and O–H groups in total. The van der Waals surface area contributed by atoms with Gasteiger partial charge in [0, 0.05) is 31.0 Å². The van der Waals surface area contributed by atoms with E-state index in [1.54, 1.807) is 19.2 Å². The number of rotatable bonds is 3. The zero-order valence-electron chi connectivity index (χ0n) is 16.4. The highest BCUT2D eigenvalue weighted by Crippen LogP contribution is 2.25. The lowest BCUT2D eigenvalue weighted by atomic mass is 10.0. The van der Waals surface area contributed by atoms with Gasteiger partial charge in [-0.15, -0.1) is 0 Å². The number of ether oxygens (including phenoxy) is 1. The van der Waals surface area contributed by atoms with E-state index in [9.17, 15) is 9.18 Å². The van der Waals surface area contributed by atoms with Crippen molar-refractivity contribution in [1.29, 1.82) is 0 Å². The van der Waals surface area contributed by atoms with Gasteiger partial charge >= 0.3 is 0 Å². The summed E-state index contributed by atoms with van der Waals surface area (Å²) >= 11 is 0. The largest absolute Gasteiger partial charge is 0.372 e. The summed E-state index contributed by atoms with van der Waals surface area (Å²) in [5.41, 5.74) is 3.80. The minimum Gasteiger partial charge on any atom is -0.372 e. The van der Waals surface area contributed by atoms with Crippen molar-refractivity contribution in [1.82, 2.24) is 14.5 Å². The van der Waals surface area contributed by atoms with Gasteiger partial charge in [0.1, 0.15) is 12.4 Å². The fraction of sp³-hybridized carbons (Fsp3) is 0.364. The van der Waals surface area contributed by atoms with Crippen LogP contribution in [0.25, 0.3) is 22.2 Å². The van der Waals surface area contributed by atoms with Crippen molar-refractivity contribution in [3.63, 3.8) is 0 Å². The van der Waals surface area contributed by atoms with Crippen LogP contribution in [0.5, 0.6) is 0 Å². The molecule has 1 saturated heterocycles. The summed E-state index contributed by atoms with van der Waals surface area (Å²) in [7, 11) is 0. The Hall–Kier alpha value is -2.73. The van der Waals surface area contributed by atoms with E-state index in [2.05, 4.69) is 4.98 Å². The molecule has 0 spiro atoms. The first kappa shape index (κ1) is 18.6. The molecule has 4 rings (SSSR count). The van der Waals surface area contributed by atoms with Crippen LogP contribution < -0.4 is 0 Å². The predicted octanol–water partition coefficient (Wildman–Crippen LogP) is 3.79. The monoisotopic (exact) mass is 381 g/mol. The number of carbonyl (C=O) groups is 1. The second kappa shape index (κ2) is 7.02. The van der Waals surface area contributed by atoms with E-state index in [4.69, 9.17) is 4.74 Å². The Kier molecular flexibility index (Phi) is 4.67. The van der Waals surface area contributed by atoms with Gasteiger partial charge in [0.05, 0.1) is 23.2 Å². The molecular formula is C22H24FN3O2. The molecule has 0 atom stereocenters. The van der Waals surface area contributed by atoms with E-state index < -0.39 is 0 Å². The number of nitrogens with zero attached hydrogens (tertiary/aromatic N) is 3. The van der Waals surface area contributed by atoms with Crippen LogP contribution in [0.15, 0.2) is 42.7 Å². The van der Waals surface area contributed by atoms with Crippen molar-refractivity contribution in [2.24, 2.45) is 0 Å². The molecule has 146 valence electrons. The van der Waals surface area contributed by atoms with E-state index in [-0.39, 0.29) is 23.9 Å². The number of amides is 1. The first-order chi connectivity index (χ1) is 13.3. The Morgan fingerprint density at radius 1 is 1.25 bits per heavy atom. The number of aromatic nitrogens is 2. The molecule has 6 heteroatoms. The molecule has 28 heavy (non-hydrogen) atoms. The average Bonchev–Trinajstić information content (AvgIpc) is 3.05. The van der Waals surface area contributed by atoms with Crippen LogP contribution in [0.3, 0.4) is 0 Å². The number of morpholine rings is 1. The molecule has 0 bridgehead atoms. The molecule has 1 amide bonds. The van der Waals surface area contributed by atoms with E-state index in [0.717, 1.165) is 22.2 Å². The highest BCUT2D eigenvalue weighted by molar-refractivity contribution is 5.84. The van der Waals surface area contributed by atoms with Crippen molar-refractivity contribution < 1.29 is 13.9 Å². The number of hydrogen-bond acceptors (Lipinski definition) is 3. The van der Waals surface area contributed by atoms with Gasteiger partial charge in [-0.2, -0.15) is 0 Å². The van der Waals surface area contributed by atoms with Crippen molar-refractivity contribution in [2.75, 3.05) is 19.7 Å². The molecule has 2 aromatic heterocycles. The maximum Gasteiger partial charge on any atom is 0.242 e. The molecule has 0 unspecified atom stereocenters. The third-order valence-electron chi connectivity index (χ3n) is 5.19. The topological polar surface area (TPSA) is 47.4 Å². The van der Waals surface area contributed by atoms with Gasteiger partial charge in [-0.25, -0.2) is 4.39 Å². The summed E-state index contributed by atoms with van der Waals surface area (Å²) in [5, 5.41) is 0. The van der Waals surface area contributed by atoms with Gasteiger partial charge in [-0.1, -0.05) is 6.07 Å². The van der Waals surface area contributed by atoms with Crippen LogP contribution in [0.1, 0.15) is 19.4 Å². The zero-order chi connectivity index (χ0) is 19.9. The van der Waals surface area contributed by atoms with Crippen LogP contribution in [0.4, 0.5) is 4.39 Å². The lowest BCUT2D eigenvalue weighted by Gasteiger charge is -2.38. The lowest BCUT2D eigenvalue weighted by Crippen LogP contribution is -2.51. The van der Waals surface area contributed by atoms with Crippen LogP contribution in [0.2, 0.25) is 0 Å². The second-order valence-corrected chi connectivity index (χ2v) is 7.96. The summed E-state index contributed by atoms with van der Waals surface area (Å²) in [5.74, 6) is -0.155. The van der Waals surface area contributed by atoms with Gasteiger partial charge < -0.3 is 14.2 Å². The summed E-state index contributed by atoms with van der Waals surface area (Å²) in [6, 6.07) is 8.95. The number of halogens is 1. The Balaban J connectivity index is 1.61. The van der Waals surface area contributed by atoms with Crippen LogP contribution in [0, 0.1) is 12.7 Å². The van der Waals surface area contributed by atoms with Gasteiger partial charge in [0.15, 0.2) is 0 Å². The van der Waals surface area contributed by atoms with E-state index in [0.29, 0.717) is 25.3 Å². The highest BCUT2D eigenvalue weighted by atomic mass is 19.1. The fourth-order valence-electron chi connectivity index (χ4n) is 3.66. The zero-order valence-corrected chi connectivity index (χ0v) is 16.4. The average molecular weight is 381 g/mol. The van der Waals surface area contributed by atoms with E-state index in [1.165, 1.54) is 6.07 Å². The van der Waals surface area contributed by atoms with Gasteiger partial charge in [0.25, 0.3) is 0 Å². The molecule has 1 aliphatic rings. The number of hydrogen-bond donors (Lipinski definition) is 0. The lowest BCUT2D eigenvalue weighted by molar-refractivity contribution is -0.146. The smallest absolute Gasteiger partial charge is 0.242 e. The quantitative estimate of drug-likeness (QED) is 0.694. The van der Waals surface area contributed by atoms with E-state index >= 15 is 0 Å². The molecule has 3 heterocycles. The maximum absolute atomic E-state index is 13.6. The third-order valence-corrected chi connectivity index (χ3v) is 5.19. The Morgan fingerprint density at radius 3 is 2.82 bits per heavy atom. The molecule has 1 aliphatic heterocycles. The van der Waals surface area contributed by atoms with Crippen LogP contribution >= 0.6 is 0 Å². The predicted molar refractivity (Wildman–Crippen MR) is 106 cm³/mol. The summed E-state index contributed by atoms with van der Waals surface area (Å²) in [6.07, 6.45) is 3.67. The van der Waals surface area contributed by atoms with Crippen molar-refractivity contribution in [3.8, 4) is 11.1 Å². The number of carbonyl (C=O) groups excluding carboxylic acids is 1. The molecular weight excluding hydrogens is 357 g/mol. The maximum atomic E-state index is 13.6. The third kappa shape index (κ3) is 3.64. The second-order valence-electron chi connectivity index (χ2n) is 7.96. The van der Waals surface area contributed by atoms with Crippen molar-refractivity contribution >= 4 is 16.9 Å². The Labute approximate surface area is 163 Å². The minimum atomic E-state index is -0.318. The highest BCUT2D eigenvalue weighted by Gasteiger charge is 2.30. The van der Waals surface area contributed by atoms with Gasteiger partial charge in [-0.05, 0) is 56.2 Å². The summed E-state index contributed by atoms with van der Waals surface area (Å²) in [6.45, 7) is 7.75.